The van der Waals surface area contributed by atoms with Crippen LogP contribution in [0.15, 0.2) is 47.6 Å². The second-order valence-corrected chi connectivity index (χ2v) is 8.11. The van der Waals surface area contributed by atoms with Gasteiger partial charge in [-0.2, -0.15) is 0 Å². The number of aliphatic hydroxyl groups is 1. The summed E-state index contributed by atoms with van der Waals surface area (Å²) in [6.45, 7) is 16.0. The molecule has 0 aromatic rings. The topological polar surface area (TPSA) is 72.8 Å². The van der Waals surface area contributed by atoms with Gasteiger partial charge in [-0.1, -0.05) is 28.9 Å². The normalized spacial score (nSPS) is 16.3. The predicted octanol–water partition coefficient (Wildman–Crippen LogP) is 5.21. The van der Waals surface area contributed by atoms with Gasteiger partial charge >= 0.3 is 11.9 Å². The van der Waals surface area contributed by atoms with Gasteiger partial charge in [-0.25, -0.2) is 0 Å². The number of hydrogen-bond donors (Lipinski definition) is 1. The van der Waals surface area contributed by atoms with Crippen LogP contribution in [0, 0.1) is 0 Å². The van der Waals surface area contributed by atoms with Gasteiger partial charge in [0.15, 0.2) is 0 Å². The molecule has 3 unspecified atom stereocenters. The summed E-state index contributed by atoms with van der Waals surface area (Å²) in [5, 5.41) is 10.2. The molecule has 0 bridgehead atoms. The van der Waals surface area contributed by atoms with Crippen molar-refractivity contribution < 1.29 is 24.2 Å². The molecule has 0 rings (SSSR count). The fourth-order valence-corrected chi connectivity index (χ4v) is 2.88. The van der Waals surface area contributed by atoms with Crippen LogP contribution in [0.2, 0.25) is 0 Å². The number of rotatable bonds is 12. The molecule has 0 aliphatic heterocycles. The highest BCUT2D eigenvalue weighted by atomic mass is 16.5. The van der Waals surface area contributed by atoms with Gasteiger partial charge < -0.3 is 14.6 Å². The maximum atomic E-state index is 11.5. The Balaban J connectivity index is 5.35. The summed E-state index contributed by atoms with van der Waals surface area (Å²) in [6.07, 6.45) is 8.89. The van der Waals surface area contributed by atoms with E-state index in [2.05, 4.69) is 26.5 Å². The Morgan fingerprint density at radius 3 is 1.97 bits per heavy atom. The number of allylic oxidation sites excluding steroid dienone is 3. The van der Waals surface area contributed by atoms with Crippen LogP contribution in [0.3, 0.4) is 0 Å². The smallest absolute Gasteiger partial charge is 0.303 e. The Kier molecular flexibility index (Phi) is 12.2. The molecule has 5 heteroatoms. The predicted molar refractivity (Wildman–Crippen MR) is 117 cm³/mol. The van der Waals surface area contributed by atoms with Gasteiger partial charge in [-0.15, -0.1) is 6.58 Å². The zero-order chi connectivity index (χ0) is 22.6. The Hall–Kier alpha value is -2.14. The molecule has 164 valence electrons. The molecule has 0 aromatic heterocycles. The van der Waals surface area contributed by atoms with Gasteiger partial charge in [-0.05, 0) is 59.6 Å². The maximum Gasteiger partial charge on any atom is 0.303 e. The van der Waals surface area contributed by atoms with E-state index in [0.717, 1.165) is 24.0 Å². The Morgan fingerprint density at radius 2 is 1.48 bits per heavy atom. The molecule has 29 heavy (non-hydrogen) atoms. The van der Waals surface area contributed by atoms with E-state index in [0.29, 0.717) is 6.42 Å². The van der Waals surface area contributed by atoms with Crippen LogP contribution in [0.25, 0.3) is 0 Å². The second kappa shape index (κ2) is 13.2. The number of esters is 2. The van der Waals surface area contributed by atoms with Crippen LogP contribution >= 0.6 is 0 Å². The van der Waals surface area contributed by atoms with Crippen molar-refractivity contribution in [2.75, 3.05) is 0 Å². The number of ether oxygens (including phenoxy) is 2. The van der Waals surface area contributed by atoms with Crippen LogP contribution in [-0.4, -0.2) is 34.9 Å². The van der Waals surface area contributed by atoms with Crippen molar-refractivity contribution in [1.29, 1.82) is 0 Å². The van der Waals surface area contributed by atoms with E-state index < -0.39 is 23.8 Å². The lowest BCUT2D eigenvalue weighted by Gasteiger charge is -2.24. The lowest BCUT2D eigenvalue weighted by atomic mass is 9.96. The minimum atomic E-state index is -1.16. The lowest BCUT2D eigenvalue weighted by molar-refractivity contribution is -0.146. The summed E-state index contributed by atoms with van der Waals surface area (Å²) in [5.74, 6) is -0.771. The van der Waals surface area contributed by atoms with Crippen molar-refractivity contribution in [1.82, 2.24) is 0 Å². The van der Waals surface area contributed by atoms with Crippen molar-refractivity contribution in [3.8, 4) is 0 Å². The van der Waals surface area contributed by atoms with Gasteiger partial charge in [0.2, 0.25) is 0 Å². The molecule has 0 radical (unpaired) electrons. The van der Waals surface area contributed by atoms with Crippen molar-refractivity contribution in [2.24, 2.45) is 0 Å². The lowest BCUT2D eigenvalue weighted by Crippen LogP contribution is -2.29. The second-order valence-electron chi connectivity index (χ2n) is 8.11. The van der Waals surface area contributed by atoms with Gasteiger partial charge in [0.05, 0.1) is 5.60 Å². The highest BCUT2D eigenvalue weighted by Crippen LogP contribution is 2.21. The molecular formula is C24H38O5. The van der Waals surface area contributed by atoms with E-state index in [1.54, 1.807) is 13.0 Å². The van der Waals surface area contributed by atoms with E-state index in [9.17, 15) is 14.7 Å². The molecule has 1 N–H and O–H groups in total. The minimum absolute atomic E-state index is 0.198. The van der Waals surface area contributed by atoms with E-state index in [1.807, 2.05) is 19.9 Å². The highest BCUT2D eigenvalue weighted by molar-refractivity contribution is 5.66. The van der Waals surface area contributed by atoms with Crippen molar-refractivity contribution in [3.63, 3.8) is 0 Å². The Bertz CT molecular complexity index is 648. The first-order valence-corrected chi connectivity index (χ1v) is 10.0. The van der Waals surface area contributed by atoms with Crippen LogP contribution < -0.4 is 0 Å². The molecule has 0 saturated heterocycles. The summed E-state index contributed by atoms with van der Waals surface area (Å²) in [4.78, 5) is 22.9. The largest absolute Gasteiger partial charge is 0.458 e. The van der Waals surface area contributed by atoms with Gasteiger partial charge in [0.25, 0.3) is 0 Å². The molecule has 0 spiro atoms. The first-order chi connectivity index (χ1) is 13.3. The molecule has 0 aliphatic rings. The quantitative estimate of drug-likeness (QED) is 0.356. The summed E-state index contributed by atoms with van der Waals surface area (Å²) in [7, 11) is 0. The van der Waals surface area contributed by atoms with Crippen LogP contribution in [0.1, 0.15) is 74.1 Å². The molecule has 5 nitrogen and oxygen atoms in total. The average Bonchev–Trinajstić information content (AvgIpc) is 2.52. The Morgan fingerprint density at radius 1 is 0.966 bits per heavy atom. The van der Waals surface area contributed by atoms with Crippen LogP contribution in [0.5, 0.6) is 0 Å². The molecule has 0 heterocycles. The summed E-state index contributed by atoms with van der Waals surface area (Å²) < 4.78 is 10.8. The third-order valence-electron chi connectivity index (χ3n) is 4.24. The summed E-state index contributed by atoms with van der Waals surface area (Å²) in [6, 6.07) is 0. The van der Waals surface area contributed by atoms with E-state index in [1.165, 1.54) is 25.5 Å². The molecule has 3 atom stereocenters. The van der Waals surface area contributed by atoms with Crippen LogP contribution in [0.4, 0.5) is 0 Å². The summed E-state index contributed by atoms with van der Waals surface area (Å²) >= 11 is 0. The van der Waals surface area contributed by atoms with Crippen molar-refractivity contribution in [2.45, 2.75) is 92.0 Å². The van der Waals surface area contributed by atoms with Gasteiger partial charge in [0, 0.05) is 26.7 Å². The first-order valence-electron chi connectivity index (χ1n) is 10.0. The fourth-order valence-electron chi connectivity index (χ4n) is 2.88. The average molecular weight is 407 g/mol. The summed E-state index contributed by atoms with van der Waals surface area (Å²) in [5.41, 5.74) is 2.16. The Labute approximate surface area is 176 Å². The number of carbonyl (C=O) groups is 2. The van der Waals surface area contributed by atoms with Gasteiger partial charge in [-0.3, -0.25) is 9.59 Å². The fraction of sp³-hybridized carbons (Fsp3) is 0.583. The SMILES string of the molecule is C=CC(C)(O)CC(C=C(C)CC(C=C(C)CCC=C(C)C)OC(C)=O)OC(C)=O. The zero-order valence-electron chi connectivity index (χ0n) is 19.1. The monoisotopic (exact) mass is 406 g/mol. The molecule has 0 aliphatic carbocycles. The highest BCUT2D eigenvalue weighted by Gasteiger charge is 2.23. The zero-order valence-corrected chi connectivity index (χ0v) is 19.1. The maximum absolute atomic E-state index is 11.5. The van der Waals surface area contributed by atoms with E-state index >= 15 is 0 Å². The molecule has 0 fully saturated rings. The molecule has 0 amide bonds. The minimum Gasteiger partial charge on any atom is -0.458 e. The number of hydrogen-bond acceptors (Lipinski definition) is 5. The molecular weight excluding hydrogens is 368 g/mol. The molecule has 0 aromatic carbocycles. The number of carbonyl (C=O) groups excluding carboxylic acids is 2. The van der Waals surface area contributed by atoms with Gasteiger partial charge in [0.1, 0.15) is 12.2 Å². The van der Waals surface area contributed by atoms with Crippen molar-refractivity contribution in [3.05, 3.63) is 47.6 Å². The van der Waals surface area contributed by atoms with E-state index in [4.69, 9.17) is 9.47 Å². The van der Waals surface area contributed by atoms with Crippen molar-refractivity contribution >= 4 is 11.9 Å². The van der Waals surface area contributed by atoms with E-state index in [-0.39, 0.29) is 12.4 Å². The molecule has 0 saturated carbocycles. The first kappa shape index (κ1) is 26.9. The third kappa shape index (κ3) is 14.5. The third-order valence-corrected chi connectivity index (χ3v) is 4.24. The standard InChI is InChI=1S/C24H38O5/c1-9-24(8,27)16-23(29-21(7)26)15-19(5)14-22(28-20(6)25)13-18(4)12-10-11-17(2)3/h9,11,13,15,22-23,27H,1,10,12,14,16H2,2-8H3. The van der Waals surface area contributed by atoms with Crippen LogP contribution in [-0.2, 0) is 19.1 Å².